The van der Waals surface area contributed by atoms with E-state index < -0.39 is 23.9 Å². The van der Waals surface area contributed by atoms with Crippen LogP contribution in [0.15, 0.2) is 28.8 Å². The molecule has 2 rings (SSSR count). The molecule has 0 aliphatic heterocycles. The summed E-state index contributed by atoms with van der Waals surface area (Å²) in [4.78, 5) is 15.5. The zero-order chi connectivity index (χ0) is 17.7. The van der Waals surface area contributed by atoms with E-state index in [1.807, 2.05) is 0 Å². The number of benzene rings is 1. The van der Waals surface area contributed by atoms with Gasteiger partial charge in [0.2, 0.25) is 5.89 Å². The van der Waals surface area contributed by atoms with Crippen molar-refractivity contribution in [3.63, 3.8) is 0 Å². The number of aromatic nitrogens is 2. The number of carbonyl (C=O) groups excluding carboxylic acids is 1. The van der Waals surface area contributed by atoms with E-state index in [0.717, 1.165) is 12.1 Å². The molecule has 2 aromatic rings. The van der Waals surface area contributed by atoms with Gasteiger partial charge in [0, 0.05) is 13.5 Å². The summed E-state index contributed by atoms with van der Waals surface area (Å²) in [5, 5.41) is 18.3. The van der Waals surface area contributed by atoms with E-state index in [4.69, 9.17) is 4.52 Å². The van der Waals surface area contributed by atoms with Crippen LogP contribution in [0.2, 0.25) is 0 Å². The average Bonchev–Trinajstić information content (AvgIpc) is 2.95. The van der Waals surface area contributed by atoms with Gasteiger partial charge in [0.15, 0.2) is 5.82 Å². The molecule has 1 aromatic heterocycles. The third-order valence-corrected chi connectivity index (χ3v) is 3.03. The Kier molecular flexibility index (Phi) is 5.39. The van der Waals surface area contributed by atoms with Crippen molar-refractivity contribution in [2.45, 2.75) is 25.7 Å². The zero-order valence-electron chi connectivity index (χ0n) is 12.6. The molecule has 130 valence electrons. The van der Waals surface area contributed by atoms with Crippen LogP contribution in [-0.2, 0) is 12.7 Å². The summed E-state index contributed by atoms with van der Waals surface area (Å²) in [7, 11) is 0. The van der Waals surface area contributed by atoms with Crippen molar-refractivity contribution < 1.29 is 27.6 Å². The number of aliphatic hydroxyl groups is 1. The van der Waals surface area contributed by atoms with Crippen molar-refractivity contribution in [3.05, 3.63) is 47.1 Å². The van der Waals surface area contributed by atoms with Gasteiger partial charge in [-0.25, -0.2) is 4.79 Å². The number of amides is 2. The minimum atomic E-state index is -4.50. The van der Waals surface area contributed by atoms with Gasteiger partial charge in [-0.1, -0.05) is 17.3 Å². The van der Waals surface area contributed by atoms with Crippen molar-refractivity contribution in [2.24, 2.45) is 0 Å². The molecule has 0 saturated heterocycles. The fourth-order valence-corrected chi connectivity index (χ4v) is 1.86. The Morgan fingerprint density at radius 2 is 2.12 bits per heavy atom. The van der Waals surface area contributed by atoms with Crippen LogP contribution < -0.4 is 10.6 Å². The number of hydrogen-bond acceptors (Lipinski definition) is 5. The Bertz CT molecular complexity index is 703. The predicted octanol–water partition coefficient (Wildman–Crippen LogP) is 1.93. The smallest absolute Gasteiger partial charge is 0.387 e. The predicted molar refractivity (Wildman–Crippen MR) is 75.7 cm³/mol. The number of nitrogens with zero attached hydrogens (tertiary/aromatic N) is 2. The van der Waals surface area contributed by atoms with Gasteiger partial charge in [0.05, 0.1) is 18.2 Å². The van der Waals surface area contributed by atoms with Gasteiger partial charge < -0.3 is 20.3 Å². The largest absolute Gasteiger partial charge is 0.416 e. The highest BCUT2D eigenvalue weighted by Gasteiger charge is 2.30. The van der Waals surface area contributed by atoms with E-state index in [-0.39, 0.29) is 24.5 Å². The quantitative estimate of drug-likeness (QED) is 0.769. The van der Waals surface area contributed by atoms with Gasteiger partial charge in [0.1, 0.15) is 0 Å². The first-order valence-electron chi connectivity index (χ1n) is 6.92. The summed E-state index contributed by atoms with van der Waals surface area (Å²) >= 11 is 0. The van der Waals surface area contributed by atoms with E-state index in [9.17, 15) is 23.1 Å². The average molecular weight is 344 g/mol. The van der Waals surface area contributed by atoms with E-state index in [2.05, 4.69) is 20.8 Å². The van der Waals surface area contributed by atoms with Crippen LogP contribution in [0.3, 0.4) is 0 Å². The van der Waals surface area contributed by atoms with Crippen molar-refractivity contribution >= 4 is 6.03 Å². The summed E-state index contributed by atoms with van der Waals surface area (Å²) < 4.78 is 42.6. The monoisotopic (exact) mass is 344 g/mol. The summed E-state index contributed by atoms with van der Waals surface area (Å²) in [5.74, 6) is 0.633. The molecule has 1 atom stereocenters. The van der Waals surface area contributed by atoms with Gasteiger partial charge in [-0.3, -0.25) is 0 Å². The SMILES string of the molecule is Cc1nc(CNC(=O)NCC(O)c2cccc(C(F)(F)F)c2)no1. The van der Waals surface area contributed by atoms with Crippen LogP contribution >= 0.6 is 0 Å². The van der Waals surface area contributed by atoms with Gasteiger partial charge in [0.25, 0.3) is 0 Å². The first-order chi connectivity index (χ1) is 11.3. The Balaban J connectivity index is 1.84. The lowest BCUT2D eigenvalue weighted by Crippen LogP contribution is -2.37. The molecule has 24 heavy (non-hydrogen) atoms. The van der Waals surface area contributed by atoms with Crippen molar-refractivity contribution in [3.8, 4) is 0 Å². The number of carbonyl (C=O) groups is 1. The highest BCUT2D eigenvalue weighted by atomic mass is 19.4. The van der Waals surface area contributed by atoms with Crippen LogP contribution in [0, 0.1) is 6.92 Å². The molecule has 0 fully saturated rings. The maximum absolute atomic E-state index is 12.6. The number of aryl methyl sites for hydroxylation is 1. The molecule has 1 unspecified atom stereocenters. The third-order valence-electron chi connectivity index (χ3n) is 3.03. The summed E-state index contributed by atoms with van der Waals surface area (Å²) in [6, 6.07) is 3.67. The fourth-order valence-electron chi connectivity index (χ4n) is 1.86. The topological polar surface area (TPSA) is 100 Å². The van der Waals surface area contributed by atoms with Crippen LogP contribution in [0.25, 0.3) is 0 Å². The summed E-state index contributed by atoms with van der Waals surface area (Å²) in [5.41, 5.74) is -0.810. The van der Waals surface area contributed by atoms with E-state index in [1.165, 1.54) is 12.1 Å². The molecular weight excluding hydrogens is 329 g/mol. The number of aliphatic hydroxyl groups excluding tert-OH is 1. The highest BCUT2D eigenvalue weighted by Crippen LogP contribution is 2.30. The van der Waals surface area contributed by atoms with Gasteiger partial charge in [-0.2, -0.15) is 18.2 Å². The molecule has 7 nitrogen and oxygen atoms in total. The Morgan fingerprint density at radius 1 is 1.38 bits per heavy atom. The Labute approximate surface area is 134 Å². The molecule has 0 aliphatic carbocycles. The molecule has 3 N–H and O–H groups in total. The molecule has 1 heterocycles. The van der Waals surface area contributed by atoms with E-state index in [1.54, 1.807) is 6.92 Å². The van der Waals surface area contributed by atoms with Gasteiger partial charge in [-0.05, 0) is 17.7 Å². The Hall–Kier alpha value is -2.62. The third kappa shape index (κ3) is 4.95. The van der Waals surface area contributed by atoms with Crippen LogP contribution in [0.5, 0.6) is 0 Å². The molecule has 0 saturated carbocycles. The summed E-state index contributed by atoms with van der Waals surface area (Å²) in [6.07, 6.45) is -5.77. The van der Waals surface area contributed by atoms with E-state index >= 15 is 0 Å². The van der Waals surface area contributed by atoms with Crippen LogP contribution in [-0.4, -0.2) is 27.8 Å². The normalized spacial score (nSPS) is 12.7. The van der Waals surface area contributed by atoms with Crippen molar-refractivity contribution in [1.82, 2.24) is 20.8 Å². The highest BCUT2D eigenvalue weighted by molar-refractivity contribution is 5.73. The first kappa shape index (κ1) is 17.7. The number of halogens is 3. The zero-order valence-corrected chi connectivity index (χ0v) is 12.6. The van der Waals surface area contributed by atoms with Crippen molar-refractivity contribution in [1.29, 1.82) is 0 Å². The maximum atomic E-state index is 12.6. The second-order valence-electron chi connectivity index (χ2n) is 4.93. The maximum Gasteiger partial charge on any atom is 0.416 e. The lowest BCUT2D eigenvalue weighted by Gasteiger charge is -2.14. The van der Waals surface area contributed by atoms with Crippen molar-refractivity contribution in [2.75, 3.05) is 6.54 Å². The van der Waals surface area contributed by atoms with Gasteiger partial charge >= 0.3 is 12.2 Å². The standard InChI is InChI=1S/C14H15F3N4O3/c1-8-20-12(21-24-8)7-19-13(23)18-6-11(22)9-3-2-4-10(5-9)14(15,16)17/h2-5,11,22H,6-7H2,1H3,(H2,18,19,23). The molecule has 0 radical (unpaired) electrons. The minimum Gasteiger partial charge on any atom is -0.387 e. The second-order valence-corrected chi connectivity index (χ2v) is 4.93. The molecule has 0 aliphatic rings. The fraction of sp³-hybridized carbons (Fsp3) is 0.357. The molecule has 10 heteroatoms. The minimum absolute atomic E-state index is 0.0167. The molecule has 2 amide bonds. The molecule has 1 aromatic carbocycles. The van der Waals surface area contributed by atoms with Gasteiger partial charge in [-0.15, -0.1) is 0 Å². The molecule has 0 spiro atoms. The number of alkyl halides is 3. The number of nitrogens with one attached hydrogen (secondary N) is 2. The van der Waals surface area contributed by atoms with Crippen LogP contribution in [0.1, 0.15) is 28.9 Å². The van der Waals surface area contributed by atoms with E-state index in [0.29, 0.717) is 5.89 Å². The number of rotatable bonds is 5. The lowest BCUT2D eigenvalue weighted by molar-refractivity contribution is -0.137. The molecular formula is C14H15F3N4O3. The number of urea groups is 1. The first-order valence-corrected chi connectivity index (χ1v) is 6.92. The molecule has 0 bridgehead atoms. The lowest BCUT2D eigenvalue weighted by atomic mass is 10.1. The summed E-state index contributed by atoms with van der Waals surface area (Å²) in [6.45, 7) is 1.36. The van der Waals surface area contributed by atoms with Crippen LogP contribution in [0.4, 0.5) is 18.0 Å². The Morgan fingerprint density at radius 3 is 2.75 bits per heavy atom. The number of hydrogen-bond donors (Lipinski definition) is 3. The second kappa shape index (κ2) is 7.30.